The van der Waals surface area contributed by atoms with Crippen LogP contribution in [0.1, 0.15) is 142 Å². The van der Waals surface area contributed by atoms with E-state index >= 15 is 0 Å². The molecular weight excluding hydrogens is 348 g/mol. The van der Waals surface area contributed by atoms with E-state index in [9.17, 15) is 9.59 Å². The Labute approximate surface area is 175 Å². The van der Waals surface area contributed by atoms with Crippen LogP contribution in [0.25, 0.3) is 0 Å². The summed E-state index contributed by atoms with van der Waals surface area (Å²) in [6.45, 7) is 2.85. The summed E-state index contributed by atoms with van der Waals surface area (Å²) >= 11 is 0. The van der Waals surface area contributed by atoms with Gasteiger partial charge in [0.15, 0.2) is 0 Å². The summed E-state index contributed by atoms with van der Waals surface area (Å²) in [6, 6.07) is 0. The highest BCUT2D eigenvalue weighted by Gasteiger charge is 2.02. The van der Waals surface area contributed by atoms with Crippen LogP contribution in [-0.4, -0.2) is 18.9 Å². The minimum atomic E-state index is -0.000810. The van der Waals surface area contributed by atoms with E-state index in [2.05, 4.69) is 6.92 Å². The van der Waals surface area contributed by atoms with E-state index < -0.39 is 0 Å². The Morgan fingerprint density at radius 3 is 1.54 bits per heavy atom. The molecule has 0 unspecified atom stereocenters. The Morgan fingerprint density at radius 1 is 0.607 bits per heavy atom. The summed E-state index contributed by atoms with van der Waals surface area (Å²) < 4.78 is 5.34. The molecule has 0 saturated carbocycles. The lowest BCUT2D eigenvalue weighted by Crippen LogP contribution is -2.05. The molecule has 0 amide bonds. The lowest BCUT2D eigenvalue weighted by Gasteiger charge is -2.05. The van der Waals surface area contributed by atoms with Crippen LogP contribution >= 0.6 is 0 Å². The molecular formula is C25H48O3. The molecule has 28 heavy (non-hydrogen) atoms. The van der Waals surface area contributed by atoms with Gasteiger partial charge in [-0.2, -0.15) is 0 Å². The highest BCUT2D eigenvalue weighted by Crippen LogP contribution is 2.12. The second kappa shape index (κ2) is 24.2. The Hall–Kier alpha value is -0.860. The van der Waals surface area contributed by atoms with E-state index in [0.29, 0.717) is 13.0 Å². The van der Waals surface area contributed by atoms with Crippen molar-refractivity contribution in [3.8, 4) is 0 Å². The van der Waals surface area contributed by atoms with Crippen LogP contribution in [-0.2, 0) is 14.3 Å². The van der Waals surface area contributed by atoms with Crippen molar-refractivity contribution in [2.24, 2.45) is 0 Å². The first-order chi connectivity index (χ1) is 13.8. The molecule has 166 valence electrons. The predicted octanol–water partition coefficient (Wildman–Crippen LogP) is 7.94. The third-order valence-corrected chi connectivity index (χ3v) is 5.46. The van der Waals surface area contributed by atoms with Crippen molar-refractivity contribution in [3.05, 3.63) is 0 Å². The van der Waals surface area contributed by atoms with Crippen molar-refractivity contribution in [1.29, 1.82) is 0 Å². The number of ether oxygens (including phenoxy) is 1. The second-order valence-electron chi connectivity index (χ2n) is 8.29. The Kier molecular flexibility index (Phi) is 23.4. The van der Waals surface area contributed by atoms with E-state index in [4.69, 9.17) is 4.74 Å². The van der Waals surface area contributed by atoms with E-state index in [0.717, 1.165) is 32.0 Å². The summed E-state index contributed by atoms with van der Waals surface area (Å²) in [4.78, 5) is 21.9. The maximum Gasteiger partial charge on any atom is 0.305 e. The monoisotopic (exact) mass is 396 g/mol. The van der Waals surface area contributed by atoms with Crippen LogP contribution in [0.5, 0.6) is 0 Å². The largest absolute Gasteiger partial charge is 0.466 e. The number of carbonyl (C=O) groups is 2. The van der Waals surface area contributed by atoms with Crippen molar-refractivity contribution < 1.29 is 14.3 Å². The van der Waals surface area contributed by atoms with Crippen molar-refractivity contribution in [1.82, 2.24) is 0 Å². The Bertz CT molecular complexity index is 328. The number of carbonyl (C=O) groups excluding carboxylic acids is 2. The molecule has 3 nitrogen and oxygen atoms in total. The third-order valence-electron chi connectivity index (χ3n) is 5.46. The van der Waals surface area contributed by atoms with Gasteiger partial charge in [-0.15, -0.1) is 0 Å². The summed E-state index contributed by atoms with van der Waals surface area (Å²) in [5, 5.41) is 0. The van der Waals surface area contributed by atoms with E-state index in [1.165, 1.54) is 103 Å². The molecule has 0 aromatic carbocycles. The summed E-state index contributed by atoms with van der Waals surface area (Å²) in [6.07, 6.45) is 26.1. The minimum absolute atomic E-state index is 0.000810. The topological polar surface area (TPSA) is 43.4 Å². The van der Waals surface area contributed by atoms with Crippen LogP contribution < -0.4 is 0 Å². The number of aldehydes is 1. The zero-order valence-corrected chi connectivity index (χ0v) is 18.9. The van der Waals surface area contributed by atoms with Gasteiger partial charge in [-0.05, 0) is 19.3 Å². The maximum absolute atomic E-state index is 11.7. The zero-order chi connectivity index (χ0) is 20.5. The molecule has 0 heterocycles. The van der Waals surface area contributed by atoms with Crippen molar-refractivity contribution in [2.75, 3.05) is 6.61 Å². The molecule has 3 heteroatoms. The quantitative estimate of drug-likeness (QED) is 0.0999. The molecule has 0 saturated heterocycles. The minimum Gasteiger partial charge on any atom is -0.466 e. The normalized spacial score (nSPS) is 10.9. The fourth-order valence-electron chi connectivity index (χ4n) is 3.58. The van der Waals surface area contributed by atoms with Crippen LogP contribution in [0.2, 0.25) is 0 Å². The molecule has 0 aromatic heterocycles. The molecule has 0 fully saturated rings. The lowest BCUT2D eigenvalue weighted by atomic mass is 10.1. The predicted molar refractivity (Wildman–Crippen MR) is 120 cm³/mol. The van der Waals surface area contributed by atoms with Gasteiger partial charge in [0.05, 0.1) is 6.61 Å². The number of unbranched alkanes of at least 4 members (excludes halogenated alkanes) is 18. The van der Waals surface area contributed by atoms with E-state index in [1.54, 1.807) is 0 Å². The number of hydrogen-bond acceptors (Lipinski definition) is 3. The van der Waals surface area contributed by atoms with Gasteiger partial charge in [0.2, 0.25) is 0 Å². The molecule has 0 radical (unpaired) electrons. The first-order valence-corrected chi connectivity index (χ1v) is 12.4. The van der Waals surface area contributed by atoms with Gasteiger partial charge in [-0.3, -0.25) is 4.79 Å². The van der Waals surface area contributed by atoms with Crippen LogP contribution in [0.3, 0.4) is 0 Å². The lowest BCUT2D eigenvalue weighted by molar-refractivity contribution is -0.143. The van der Waals surface area contributed by atoms with E-state index in [1.807, 2.05) is 0 Å². The van der Waals surface area contributed by atoms with Gasteiger partial charge in [0.25, 0.3) is 0 Å². The highest BCUT2D eigenvalue weighted by molar-refractivity contribution is 5.69. The summed E-state index contributed by atoms with van der Waals surface area (Å²) in [5.41, 5.74) is 0. The van der Waals surface area contributed by atoms with Gasteiger partial charge in [0.1, 0.15) is 6.29 Å². The second-order valence-corrected chi connectivity index (χ2v) is 8.29. The highest BCUT2D eigenvalue weighted by atomic mass is 16.5. The van der Waals surface area contributed by atoms with Gasteiger partial charge in [-0.1, -0.05) is 110 Å². The van der Waals surface area contributed by atoms with Crippen molar-refractivity contribution in [2.45, 2.75) is 142 Å². The number of esters is 1. The number of hydrogen-bond donors (Lipinski definition) is 0. The van der Waals surface area contributed by atoms with Crippen molar-refractivity contribution in [3.63, 3.8) is 0 Å². The van der Waals surface area contributed by atoms with Crippen molar-refractivity contribution >= 4 is 12.3 Å². The van der Waals surface area contributed by atoms with Crippen LogP contribution in [0, 0.1) is 0 Å². The van der Waals surface area contributed by atoms with Gasteiger partial charge >= 0.3 is 5.97 Å². The molecule has 0 atom stereocenters. The van der Waals surface area contributed by atoms with E-state index in [-0.39, 0.29) is 5.97 Å². The standard InChI is InChI=1S/C25H48O3/c1-2-3-4-5-6-13-16-19-22-25(27)28-24-21-18-15-12-10-8-7-9-11-14-17-20-23-26/h23H,2-22,24H2,1H3. The molecule has 0 aliphatic heterocycles. The third kappa shape index (κ3) is 23.2. The maximum atomic E-state index is 11.7. The molecule has 0 aliphatic carbocycles. The summed E-state index contributed by atoms with van der Waals surface area (Å²) in [7, 11) is 0. The molecule has 0 aromatic rings. The average Bonchev–Trinajstić information content (AvgIpc) is 2.70. The molecule has 0 aliphatic rings. The van der Waals surface area contributed by atoms with Gasteiger partial charge in [0, 0.05) is 12.8 Å². The average molecular weight is 397 g/mol. The molecule has 0 bridgehead atoms. The molecule has 0 rings (SSSR count). The number of rotatable bonds is 23. The van der Waals surface area contributed by atoms with Crippen LogP contribution in [0.15, 0.2) is 0 Å². The molecule has 0 N–H and O–H groups in total. The fraction of sp³-hybridized carbons (Fsp3) is 0.920. The zero-order valence-electron chi connectivity index (χ0n) is 18.9. The Balaban J connectivity index is 3.13. The first-order valence-electron chi connectivity index (χ1n) is 12.4. The summed E-state index contributed by atoms with van der Waals surface area (Å²) in [5.74, 6) is -0.000810. The van der Waals surface area contributed by atoms with Gasteiger partial charge in [-0.25, -0.2) is 0 Å². The Morgan fingerprint density at radius 2 is 1.04 bits per heavy atom. The van der Waals surface area contributed by atoms with Gasteiger partial charge < -0.3 is 9.53 Å². The first kappa shape index (κ1) is 27.1. The molecule has 0 spiro atoms. The van der Waals surface area contributed by atoms with Crippen LogP contribution in [0.4, 0.5) is 0 Å². The fourth-order valence-corrected chi connectivity index (χ4v) is 3.58. The SMILES string of the molecule is CCCCCCCCCCC(=O)OCCCCCCCCCCCCCC=O. The smallest absolute Gasteiger partial charge is 0.305 e.